The molecule has 1 N–H and O–H groups in total. The van der Waals surface area contributed by atoms with Crippen molar-refractivity contribution in [2.45, 2.75) is 26.3 Å². The fraction of sp³-hybridized carbons (Fsp3) is 0.211. The number of carbonyl (C=O) groups excluding carboxylic acids is 1. The van der Waals surface area contributed by atoms with Crippen molar-refractivity contribution in [3.05, 3.63) is 63.4 Å². The van der Waals surface area contributed by atoms with Crippen LogP contribution in [0.4, 0.5) is 17.6 Å². The minimum absolute atomic E-state index is 0.121. The predicted octanol–water partition coefficient (Wildman–Crippen LogP) is 4.03. The van der Waals surface area contributed by atoms with Gasteiger partial charge in [0.25, 0.3) is 18.4 Å². The summed E-state index contributed by atoms with van der Waals surface area (Å²) in [6, 6.07) is 4.42. The van der Waals surface area contributed by atoms with Crippen LogP contribution in [0.15, 0.2) is 46.1 Å². The van der Waals surface area contributed by atoms with E-state index in [9.17, 15) is 27.2 Å². The van der Waals surface area contributed by atoms with Gasteiger partial charge < -0.3 is 4.74 Å². The average molecular weight is 472 g/mol. The molecule has 1 aromatic heterocycles. The maximum absolute atomic E-state index is 13.4. The number of ether oxygens (including phenoxy) is 1. The van der Waals surface area contributed by atoms with Crippen LogP contribution < -0.4 is 15.7 Å². The summed E-state index contributed by atoms with van der Waals surface area (Å²) in [4.78, 5) is 26.5. The van der Waals surface area contributed by atoms with Crippen LogP contribution in [0.5, 0.6) is 11.5 Å². The first kappa shape index (κ1) is 24.5. The maximum Gasteiger partial charge on any atom is 0.297 e. The lowest BCUT2D eigenvalue weighted by Gasteiger charge is -2.13. The highest BCUT2D eigenvalue weighted by molar-refractivity contribution is 6.68. The molecule has 0 aliphatic carbocycles. The van der Waals surface area contributed by atoms with Crippen LogP contribution in [0.3, 0.4) is 0 Å². The average Bonchev–Trinajstić information content (AvgIpc) is 2.74. The molecular formula is C19H14ClF4N5O3. The summed E-state index contributed by atoms with van der Waals surface area (Å²) in [6.45, 7) is 1.37. The number of carbonyl (C=O) groups is 1. The van der Waals surface area contributed by atoms with Gasteiger partial charge in [0.15, 0.2) is 5.69 Å². The molecule has 32 heavy (non-hydrogen) atoms. The molecule has 13 heteroatoms. The molecule has 0 unspecified atom stereocenters. The normalized spacial score (nSPS) is 12.1. The number of alkyl halides is 4. The van der Waals surface area contributed by atoms with Crippen LogP contribution in [0.2, 0.25) is 0 Å². The van der Waals surface area contributed by atoms with Crippen LogP contribution in [-0.2, 0) is 11.3 Å². The Morgan fingerprint density at radius 2 is 2.06 bits per heavy atom. The van der Waals surface area contributed by atoms with Gasteiger partial charge in [-0.3, -0.25) is 14.2 Å². The van der Waals surface area contributed by atoms with E-state index >= 15 is 0 Å². The number of hydrogen-bond acceptors (Lipinski definition) is 6. The number of nitriles is 1. The van der Waals surface area contributed by atoms with E-state index in [2.05, 4.69) is 10.1 Å². The summed E-state index contributed by atoms with van der Waals surface area (Å²) in [6.07, 6.45) is -3.71. The van der Waals surface area contributed by atoms with E-state index in [0.717, 1.165) is 29.1 Å². The number of allylic oxidation sites excluding steroid dienone is 2. The number of benzene rings is 1. The summed E-state index contributed by atoms with van der Waals surface area (Å²) in [5, 5.41) is 12.4. The molecule has 168 valence electrons. The molecule has 8 nitrogen and oxygen atoms in total. The zero-order valence-corrected chi connectivity index (χ0v) is 17.0. The van der Waals surface area contributed by atoms with Crippen molar-refractivity contribution in [2.75, 3.05) is 0 Å². The van der Waals surface area contributed by atoms with Gasteiger partial charge in [-0.05, 0) is 31.2 Å². The van der Waals surface area contributed by atoms with Crippen molar-refractivity contribution in [1.29, 1.82) is 5.26 Å². The Kier molecular flexibility index (Phi) is 8.48. The van der Waals surface area contributed by atoms with Crippen molar-refractivity contribution < 1.29 is 27.1 Å². The second-order valence-corrected chi connectivity index (χ2v) is 6.56. The van der Waals surface area contributed by atoms with Gasteiger partial charge in [-0.1, -0.05) is 17.2 Å². The molecule has 0 saturated carbocycles. The third kappa shape index (κ3) is 6.39. The maximum atomic E-state index is 13.4. The fourth-order valence-corrected chi connectivity index (χ4v) is 2.71. The molecule has 1 aromatic carbocycles. The fourth-order valence-electron chi connectivity index (χ4n) is 2.47. The van der Waals surface area contributed by atoms with E-state index in [4.69, 9.17) is 21.6 Å². The van der Waals surface area contributed by atoms with Crippen LogP contribution in [0, 0.1) is 11.3 Å². The van der Waals surface area contributed by atoms with Gasteiger partial charge in [0, 0.05) is 12.1 Å². The molecule has 0 saturated heterocycles. The zero-order chi connectivity index (χ0) is 23.8. The molecule has 0 fully saturated rings. The van der Waals surface area contributed by atoms with Crippen LogP contribution in [0.25, 0.3) is 0 Å². The molecule has 0 spiro atoms. The summed E-state index contributed by atoms with van der Waals surface area (Å²) in [5.41, 5.74) is -0.412. The lowest BCUT2D eigenvalue weighted by Crippen LogP contribution is -2.24. The van der Waals surface area contributed by atoms with Gasteiger partial charge in [-0.15, -0.1) is 0 Å². The number of hydrazone groups is 1. The molecule has 0 aliphatic heterocycles. The van der Waals surface area contributed by atoms with Crippen molar-refractivity contribution in [3.63, 3.8) is 0 Å². The largest absolute Gasteiger partial charge is 0.449 e. The number of nitrogens with one attached hydrogen (secondary N) is 1. The first-order valence-corrected chi connectivity index (χ1v) is 9.02. The van der Waals surface area contributed by atoms with Gasteiger partial charge >= 0.3 is 0 Å². The highest BCUT2D eigenvalue weighted by Crippen LogP contribution is 2.31. The first-order chi connectivity index (χ1) is 15.2. The number of amides is 1. The second-order valence-electron chi connectivity index (χ2n) is 6.17. The van der Waals surface area contributed by atoms with E-state index in [1.807, 2.05) is 5.43 Å². The number of hydrogen-bond donors (Lipinski definition) is 1. The van der Waals surface area contributed by atoms with Gasteiger partial charge in [0.05, 0.1) is 18.0 Å². The third-order valence-corrected chi connectivity index (χ3v) is 3.96. The van der Waals surface area contributed by atoms with Crippen molar-refractivity contribution in [1.82, 2.24) is 15.0 Å². The Morgan fingerprint density at radius 3 is 2.66 bits per heavy atom. The summed E-state index contributed by atoms with van der Waals surface area (Å²) in [7, 11) is 0. The number of nitrogens with zero attached hydrogens (tertiary/aromatic N) is 4. The molecule has 2 rings (SSSR count). The van der Waals surface area contributed by atoms with E-state index in [-0.39, 0.29) is 23.7 Å². The molecule has 1 amide bonds. The molecule has 0 bridgehead atoms. The van der Waals surface area contributed by atoms with Crippen LogP contribution >= 0.6 is 11.6 Å². The molecule has 1 heterocycles. The Morgan fingerprint density at radius 1 is 1.34 bits per heavy atom. The van der Waals surface area contributed by atoms with Crippen molar-refractivity contribution in [2.24, 2.45) is 5.10 Å². The van der Waals surface area contributed by atoms with E-state index in [1.54, 1.807) is 6.07 Å². The predicted molar refractivity (Wildman–Crippen MR) is 106 cm³/mol. The SMILES string of the molecule is C/C(=C\C(Cl)=N/NC=O)Cn1cnc(C(F)F)c(Oc2cc(C#N)cc(C(F)F)c2)c1=O. The second kappa shape index (κ2) is 11.1. The van der Waals surface area contributed by atoms with E-state index in [0.29, 0.717) is 5.57 Å². The molecule has 0 atom stereocenters. The Hall–Kier alpha value is -3.72. The van der Waals surface area contributed by atoms with Gasteiger partial charge in [0.1, 0.15) is 10.9 Å². The Labute approximate surface area is 183 Å². The van der Waals surface area contributed by atoms with Gasteiger partial charge in [-0.2, -0.15) is 10.4 Å². The molecule has 0 radical (unpaired) electrons. The minimum atomic E-state index is -3.20. The van der Waals surface area contributed by atoms with Gasteiger partial charge in [0.2, 0.25) is 12.2 Å². The summed E-state index contributed by atoms with van der Waals surface area (Å²) in [5.74, 6) is -1.28. The first-order valence-electron chi connectivity index (χ1n) is 8.64. The van der Waals surface area contributed by atoms with Crippen LogP contribution in [0.1, 0.15) is 36.6 Å². The van der Waals surface area contributed by atoms with Crippen molar-refractivity contribution in [3.8, 4) is 17.6 Å². The Balaban J connectivity index is 2.48. The lowest BCUT2D eigenvalue weighted by molar-refractivity contribution is -0.109. The quantitative estimate of drug-likeness (QED) is 0.257. The zero-order valence-electron chi connectivity index (χ0n) is 16.2. The summed E-state index contributed by atoms with van der Waals surface area (Å²) < 4.78 is 59.1. The highest BCUT2D eigenvalue weighted by atomic mass is 35.5. The smallest absolute Gasteiger partial charge is 0.297 e. The standard InChI is InChI=1S/C19H14ClF4N5O3/c1-10(2-14(20)28-27-9-30)7-29-8-26-15(18(23)24)16(19(29)31)32-13-4-11(6-25)3-12(5-13)17(21)22/h2-5,8-9,17-18H,7H2,1H3,(H,27,30)/b10-2+,28-14+. The highest BCUT2D eigenvalue weighted by Gasteiger charge is 2.23. The molecular weight excluding hydrogens is 458 g/mol. The number of aromatic nitrogens is 2. The molecule has 2 aromatic rings. The third-order valence-electron chi connectivity index (χ3n) is 3.77. The molecule has 0 aliphatic rings. The van der Waals surface area contributed by atoms with Crippen LogP contribution in [-0.4, -0.2) is 21.1 Å². The van der Waals surface area contributed by atoms with Crippen molar-refractivity contribution >= 4 is 23.2 Å². The minimum Gasteiger partial charge on any atom is -0.449 e. The topological polar surface area (TPSA) is 109 Å². The van der Waals surface area contributed by atoms with Gasteiger partial charge in [-0.25, -0.2) is 28.0 Å². The van der Waals surface area contributed by atoms with E-state index in [1.165, 1.54) is 13.0 Å². The monoisotopic (exact) mass is 471 g/mol. The lowest BCUT2D eigenvalue weighted by atomic mass is 10.1. The number of rotatable bonds is 9. The number of halogens is 5. The Bertz CT molecular complexity index is 1160. The summed E-state index contributed by atoms with van der Waals surface area (Å²) >= 11 is 5.77. The van der Waals surface area contributed by atoms with E-state index < -0.39 is 41.2 Å².